The molecule has 0 saturated carbocycles. The van der Waals surface area contributed by atoms with Gasteiger partial charge in [-0.1, -0.05) is 18.2 Å². The molecule has 3 atom stereocenters. The molecule has 1 fully saturated rings. The second-order valence-corrected chi connectivity index (χ2v) is 7.93. The Morgan fingerprint density at radius 2 is 1.79 bits per heavy atom. The Morgan fingerprint density at radius 3 is 2.36 bits per heavy atom. The first-order valence-corrected chi connectivity index (χ1v) is 10.4. The van der Waals surface area contributed by atoms with Crippen LogP contribution >= 0.6 is 0 Å². The van der Waals surface area contributed by atoms with Crippen molar-refractivity contribution in [2.45, 2.75) is 44.8 Å². The van der Waals surface area contributed by atoms with Gasteiger partial charge in [-0.05, 0) is 44.2 Å². The molecule has 33 heavy (non-hydrogen) atoms. The van der Waals surface area contributed by atoms with Crippen LogP contribution in [0.2, 0.25) is 0 Å². The van der Waals surface area contributed by atoms with Crippen molar-refractivity contribution >= 4 is 23.3 Å². The minimum Gasteiger partial charge on any atom is -0.480 e. The van der Waals surface area contributed by atoms with Gasteiger partial charge < -0.3 is 24.8 Å². The Labute approximate surface area is 189 Å². The molecule has 0 radical (unpaired) electrons. The summed E-state index contributed by atoms with van der Waals surface area (Å²) in [6, 6.07) is 12.0. The number of morpholine rings is 1. The van der Waals surface area contributed by atoms with E-state index in [1.807, 2.05) is 18.7 Å². The average Bonchev–Trinajstić information content (AvgIpc) is 2.72. The highest BCUT2D eigenvalue weighted by Gasteiger charge is 2.37. The van der Waals surface area contributed by atoms with Gasteiger partial charge in [-0.2, -0.15) is 13.2 Å². The van der Waals surface area contributed by atoms with Gasteiger partial charge in [0.05, 0.1) is 29.9 Å². The van der Waals surface area contributed by atoms with E-state index in [-0.39, 0.29) is 29.2 Å². The van der Waals surface area contributed by atoms with Gasteiger partial charge in [0.15, 0.2) is 6.10 Å². The lowest BCUT2D eigenvalue weighted by atomic mass is 10.1. The van der Waals surface area contributed by atoms with Crippen LogP contribution in [0.5, 0.6) is 5.75 Å². The van der Waals surface area contributed by atoms with E-state index in [0.717, 1.165) is 0 Å². The predicted octanol–water partition coefficient (Wildman–Crippen LogP) is 4.34. The molecule has 178 valence electrons. The fourth-order valence-electron chi connectivity index (χ4n) is 3.68. The zero-order chi connectivity index (χ0) is 24.2. The quantitative estimate of drug-likeness (QED) is 0.631. The number of ether oxygens (including phenoxy) is 2. The summed E-state index contributed by atoms with van der Waals surface area (Å²) in [5.74, 6) is -2.33. The van der Waals surface area contributed by atoms with E-state index in [0.29, 0.717) is 18.8 Å². The van der Waals surface area contributed by atoms with Crippen LogP contribution < -0.4 is 15.0 Å². The molecule has 1 aliphatic heterocycles. The summed E-state index contributed by atoms with van der Waals surface area (Å²) in [6.07, 6.45) is -8.20. The van der Waals surface area contributed by atoms with E-state index >= 15 is 0 Å². The van der Waals surface area contributed by atoms with Crippen molar-refractivity contribution in [1.29, 1.82) is 0 Å². The number of amides is 1. The van der Waals surface area contributed by atoms with Gasteiger partial charge in [-0.25, -0.2) is 4.79 Å². The number of carbonyl (C=O) groups is 2. The fraction of sp³-hybridized carbons (Fsp3) is 0.391. The first-order chi connectivity index (χ1) is 15.5. The second-order valence-electron chi connectivity index (χ2n) is 7.93. The maximum absolute atomic E-state index is 13.1. The first kappa shape index (κ1) is 24.4. The van der Waals surface area contributed by atoms with Crippen molar-refractivity contribution in [1.82, 2.24) is 0 Å². The highest BCUT2D eigenvalue weighted by atomic mass is 19.4. The van der Waals surface area contributed by atoms with Crippen LogP contribution in [0.3, 0.4) is 0 Å². The van der Waals surface area contributed by atoms with E-state index in [9.17, 15) is 27.9 Å². The fourth-order valence-corrected chi connectivity index (χ4v) is 3.68. The van der Waals surface area contributed by atoms with Gasteiger partial charge in [-0.15, -0.1) is 0 Å². The van der Waals surface area contributed by atoms with Crippen molar-refractivity contribution in [3.8, 4) is 5.75 Å². The molecular weight excluding hydrogens is 441 g/mol. The molecule has 3 rings (SSSR count). The molecule has 2 aromatic rings. The third-order valence-corrected chi connectivity index (χ3v) is 5.01. The Kier molecular flexibility index (Phi) is 7.47. The minimum absolute atomic E-state index is 0.0559. The monoisotopic (exact) mass is 466 g/mol. The Balaban J connectivity index is 1.83. The number of halogens is 3. The standard InChI is InChI=1S/C23H25F3N2O5/c1-14-12-28(13-15(2)32-14)16-8-9-19(18(10-16)22(30)31)27-21(29)20(11-23(24,25)26)33-17-6-4-3-5-7-17/h3-10,14-15,20H,11-13H2,1-2H3,(H,27,29)(H,30,31)/t14-,15?,20-/m0/s1. The Bertz CT molecular complexity index is 974. The molecule has 2 N–H and O–H groups in total. The lowest BCUT2D eigenvalue weighted by Crippen LogP contribution is -2.45. The lowest BCUT2D eigenvalue weighted by Gasteiger charge is -2.37. The van der Waals surface area contributed by atoms with Crippen molar-refractivity contribution in [3.05, 3.63) is 54.1 Å². The number of carbonyl (C=O) groups excluding carboxylic acids is 1. The smallest absolute Gasteiger partial charge is 0.393 e. The maximum Gasteiger partial charge on any atom is 0.393 e. The molecule has 1 heterocycles. The summed E-state index contributed by atoms with van der Waals surface area (Å²) in [4.78, 5) is 26.5. The number of hydrogen-bond acceptors (Lipinski definition) is 5. The minimum atomic E-state index is -4.67. The summed E-state index contributed by atoms with van der Waals surface area (Å²) in [6.45, 7) is 4.91. The summed E-state index contributed by atoms with van der Waals surface area (Å²) in [5.41, 5.74) is 0.257. The number of carboxylic acid groups (broad SMARTS) is 1. The van der Waals surface area contributed by atoms with Crippen molar-refractivity contribution in [2.24, 2.45) is 0 Å². The van der Waals surface area contributed by atoms with Crippen LogP contribution in [0.15, 0.2) is 48.5 Å². The summed E-state index contributed by atoms with van der Waals surface area (Å²) in [7, 11) is 0. The second kappa shape index (κ2) is 10.1. The van der Waals surface area contributed by atoms with Gasteiger partial charge >= 0.3 is 12.1 Å². The molecule has 1 unspecified atom stereocenters. The summed E-state index contributed by atoms with van der Waals surface area (Å²) >= 11 is 0. The molecule has 0 spiro atoms. The van der Waals surface area contributed by atoms with Crippen LogP contribution in [0.25, 0.3) is 0 Å². The molecule has 1 aliphatic rings. The van der Waals surface area contributed by atoms with E-state index in [4.69, 9.17) is 9.47 Å². The number of aromatic carboxylic acids is 1. The normalized spacial score (nSPS) is 19.6. The lowest BCUT2D eigenvalue weighted by molar-refractivity contribution is -0.158. The van der Waals surface area contributed by atoms with Crippen molar-refractivity contribution < 1.29 is 37.3 Å². The maximum atomic E-state index is 13.1. The topological polar surface area (TPSA) is 88.1 Å². The van der Waals surface area contributed by atoms with Gasteiger partial charge in [-0.3, -0.25) is 4.79 Å². The van der Waals surface area contributed by atoms with E-state index in [1.165, 1.54) is 24.3 Å². The summed E-state index contributed by atoms with van der Waals surface area (Å²) in [5, 5.41) is 12.0. The molecule has 1 saturated heterocycles. The molecule has 1 amide bonds. The number of nitrogens with zero attached hydrogens (tertiary/aromatic N) is 1. The van der Waals surface area contributed by atoms with Crippen LogP contribution in [0, 0.1) is 0 Å². The highest BCUT2D eigenvalue weighted by Crippen LogP contribution is 2.28. The van der Waals surface area contributed by atoms with Gasteiger partial charge in [0.1, 0.15) is 5.75 Å². The zero-order valence-electron chi connectivity index (χ0n) is 18.1. The number of anilines is 2. The van der Waals surface area contributed by atoms with Crippen molar-refractivity contribution in [2.75, 3.05) is 23.3 Å². The third kappa shape index (κ3) is 6.85. The van der Waals surface area contributed by atoms with Crippen molar-refractivity contribution in [3.63, 3.8) is 0 Å². The van der Waals surface area contributed by atoms with Crippen LogP contribution in [0.4, 0.5) is 24.5 Å². The number of nitrogens with one attached hydrogen (secondary N) is 1. The predicted molar refractivity (Wildman–Crippen MR) is 116 cm³/mol. The number of benzene rings is 2. The van der Waals surface area contributed by atoms with E-state index < -0.39 is 30.6 Å². The summed E-state index contributed by atoms with van der Waals surface area (Å²) < 4.78 is 50.2. The van der Waals surface area contributed by atoms with Gasteiger partial charge in [0.25, 0.3) is 5.91 Å². The number of hydrogen-bond donors (Lipinski definition) is 2. The molecule has 0 aromatic heterocycles. The zero-order valence-corrected chi connectivity index (χ0v) is 18.1. The van der Waals surface area contributed by atoms with Crippen LogP contribution in [-0.4, -0.2) is 54.6 Å². The number of alkyl halides is 3. The molecule has 0 bridgehead atoms. The first-order valence-electron chi connectivity index (χ1n) is 10.4. The molecule has 7 nitrogen and oxygen atoms in total. The number of para-hydroxylation sites is 1. The van der Waals surface area contributed by atoms with E-state index in [1.54, 1.807) is 24.3 Å². The van der Waals surface area contributed by atoms with E-state index in [2.05, 4.69) is 5.32 Å². The SMILES string of the molecule is CC1CN(c2ccc(NC(=O)[C@H](CC(F)(F)F)Oc3ccccc3)c(C(=O)O)c2)C[C@H](C)O1. The highest BCUT2D eigenvalue weighted by molar-refractivity contribution is 6.02. The van der Waals surface area contributed by atoms with Crippen LogP contribution in [0.1, 0.15) is 30.6 Å². The van der Waals surface area contributed by atoms with Gasteiger partial charge in [0.2, 0.25) is 0 Å². The largest absolute Gasteiger partial charge is 0.480 e. The molecule has 2 aromatic carbocycles. The third-order valence-electron chi connectivity index (χ3n) is 5.01. The number of rotatable bonds is 7. The number of carboxylic acids is 1. The Hall–Kier alpha value is -3.27. The molecule has 10 heteroatoms. The van der Waals surface area contributed by atoms with Crippen LogP contribution in [-0.2, 0) is 9.53 Å². The van der Waals surface area contributed by atoms with Gasteiger partial charge in [0, 0.05) is 18.8 Å². The average molecular weight is 466 g/mol. The molecule has 0 aliphatic carbocycles. The Morgan fingerprint density at radius 1 is 1.15 bits per heavy atom. The molecular formula is C23H25F3N2O5.